The maximum atomic E-state index is 11.2. The maximum absolute atomic E-state index is 11.2. The van der Waals surface area contributed by atoms with Crippen molar-refractivity contribution in [3.8, 4) is 5.75 Å². The summed E-state index contributed by atoms with van der Waals surface area (Å²) >= 11 is 5.91. The Bertz CT molecular complexity index is 643. The average Bonchev–Trinajstić information content (AvgIpc) is 2.47. The molecule has 0 amide bonds. The molecule has 2 N–H and O–H groups in total. The highest BCUT2D eigenvalue weighted by atomic mass is 35.5. The van der Waals surface area contributed by atoms with Crippen LogP contribution in [0.1, 0.15) is 15.9 Å². The summed E-state index contributed by atoms with van der Waals surface area (Å²) in [6.45, 7) is 0.584. The third-order valence-corrected chi connectivity index (χ3v) is 3.35. The Morgan fingerprint density at radius 3 is 2.76 bits per heavy atom. The number of halogens is 1. The highest BCUT2D eigenvalue weighted by molar-refractivity contribution is 6.31. The van der Waals surface area contributed by atoms with Crippen LogP contribution in [0.4, 0.5) is 5.69 Å². The van der Waals surface area contributed by atoms with Crippen LogP contribution in [0.2, 0.25) is 5.02 Å². The van der Waals surface area contributed by atoms with Gasteiger partial charge in [-0.15, -0.1) is 0 Å². The molecule has 0 spiro atoms. The number of aromatic carboxylic acids is 1. The van der Waals surface area contributed by atoms with E-state index in [1.165, 1.54) is 6.07 Å². The number of anilines is 1. The molecule has 0 aromatic heterocycles. The Labute approximate surface area is 128 Å². The first kappa shape index (κ1) is 15.2. The van der Waals surface area contributed by atoms with E-state index in [1.54, 1.807) is 19.2 Å². The van der Waals surface area contributed by atoms with Crippen molar-refractivity contribution in [2.45, 2.75) is 6.42 Å². The first-order valence-electron chi connectivity index (χ1n) is 6.50. The van der Waals surface area contributed by atoms with E-state index in [0.717, 1.165) is 17.7 Å². The highest BCUT2D eigenvalue weighted by Crippen LogP contribution is 2.22. The van der Waals surface area contributed by atoms with Gasteiger partial charge in [0.05, 0.1) is 18.4 Å². The number of carboxylic acids is 1. The molecule has 5 heteroatoms. The monoisotopic (exact) mass is 305 g/mol. The quantitative estimate of drug-likeness (QED) is 0.854. The molecule has 0 aliphatic heterocycles. The molecule has 0 saturated heterocycles. The fraction of sp³-hybridized carbons (Fsp3) is 0.188. The summed E-state index contributed by atoms with van der Waals surface area (Å²) < 4.78 is 5.29. The lowest BCUT2D eigenvalue weighted by atomic mass is 10.1. The largest absolute Gasteiger partial charge is 0.496 e. The van der Waals surface area contributed by atoms with Gasteiger partial charge >= 0.3 is 5.97 Å². The van der Waals surface area contributed by atoms with E-state index in [2.05, 4.69) is 5.32 Å². The van der Waals surface area contributed by atoms with Crippen LogP contribution in [-0.2, 0) is 6.42 Å². The number of rotatable bonds is 6. The van der Waals surface area contributed by atoms with Crippen LogP contribution >= 0.6 is 11.6 Å². The lowest BCUT2D eigenvalue weighted by Crippen LogP contribution is -2.10. The number of carbonyl (C=O) groups is 1. The second-order valence-electron chi connectivity index (χ2n) is 4.48. The zero-order chi connectivity index (χ0) is 15.2. The summed E-state index contributed by atoms with van der Waals surface area (Å²) in [5.41, 5.74) is 1.79. The molecule has 0 atom stereocenters. The van der Waals surface area contributed by atoms with Gasteiger partial charge in [-0.1, -0.05) is 29.8 Å². The Balaban J connectivity index is 2.07. The van der Waals surface area contributed by atoms with Crippen LogP contribution < -0.4 is 10.1 Å². The van der Waals surface area contributed by atoms with Crippen molar-refractivity contribution >= 4 is 23.3 Å². The lowest BCUT2D eigenvalue weighted by molar-refractivity contribution is 0.0698. The van der Waals surface area contributed by atoms with Gasteiger partial charge in [0, 0.05) is 11.6 Å². The molecule has 21 heavy (non-hydrogen) atoms. The normalized spacial score (nSPS) is 10.2. The third-order valence-electron chi connectivity index (χ3n) is 3.11. The van der Waals surface area contributed by atoms with Crippen LogP contribution in [-0.4, -0.2) is 24.7 Å². The first-order valence-corrected chi connectivity index (χ1v) is 6.88. The van der Waals surface area contributed by atoms with Crippen LogP contribution in [0, 0.1) is 0 Å². The zero-order valence-corrected chi connectivity index (χ0v) is 12.4. The Morgan fingerprint density at radius 1 is 1.29 bits per heavy atom. The SMILES string of the molecule is COc1ccccc1CCNc1cc(Cl)ccc1C(=O)O. The number of methoxy groups -OCH3 is 1. The van der Waals surface area contributed by atoms with Crippen LogP contribution in [0.3, 0.4) is 0 Å². The molecule has 2 aromatic carbocycles. The molecule has 110 valence electrons. The van der Waals surface area contributed by atoms with Crippen molar-refractivity contribution in [1.82, 2.24) is 0 Å². The number of benzene rings is 2. The van der Waals surface area contributed by atoms with Gasteiger partial charge in [-0.2, -0.15) is 0 Å². The molecule has 0 fully saturated rings. The Kier molecular flexibility index (Phi) is 5.06. The van der Waals surface area contributed by atoms with Gasteiger partial charge in [-0.3, -0.25) is 0 Å². The minimum atomic E-state index is -0.980. The molecule has 0 aliphatic carbocycles. The maximum Gasteiger partial charge on any atom is 0.337 e. The average molecular weight is 306 g/mol. The Morgan fingerprint density at radius 2 is 2.05 bits per heavy atom. The van der Waals surface area contributed by atoms with Gasteiger partial charge in [0.15, 0.2) is 0 Å². The third kappa shape index (κ3) is 3.89. The van der Waals surface area contributed by atoms with Gasteiger partial charge in [0.1, 0.15) is 5.75 Å². The molecule has 0 heterocycles. The number of nitrogens with one attached hydrogen (secondary N) is 1. The van der Waals surface area contributed by atoms with Crippen molar-refractivity contribution in [3.05, 3.63) is 58.6 Å². The predicted octanol–water partition coefficient (Wildman–Crippen LogP) is 3.70. The predicted molar refractivity (Wildman–Crippen MR) is 83.6 cm³/mol. The highest BCUT2D eigenvalue weighted by Gasteiger charge is 2.10. The van der Waals surface area contributed by atoms with Gasteiger partial charge in [0.25, 0.3) is 0 Å². The number of para-hydroxylation sites is 1. The van der Waals surface area contributed by atoms with E-state index < -0.39 is 5.97 Å². The van der Waals surface area contributed by atoms with Crippen molar-refractivity contribution in [2.24, 2.45) is 0 Å². The summed E-state index contributed by atoms with van der Waals surface area (Å²) in [5, 5.41) is 12.8. The van der Waals surface area contributed by atoms with Crippen LogP contribution in [0.25, 0.3) is 0 Å². The molecule has 4 nitrogen and oxygen atoms in total. The summed E-state index contributed by atoms with van der Waals surface area (Å²) in [6, 6.07) is 12.4. The summed E-state index contributed by atoms with van der Waals surface area (Å²) in [7, 11) is 1.63. The van der Waals surface area contributed by atoms with Gasteiger partial charge in [-0.05, 0) is 36.2 Å². The van der Waals surface area contributed by atoms with Crippen molar-refractivity contribution in [1.29, 1.82) is 0 Å². The minimum absolute atomic E-state index is 0.208. The van der Waals surface area contributed by atoms with E-state index in [4.69, 9.17) is 21.4 Å². The number of hydrogen-bond acceptors (Lipinski definition) is 3. The summed E-state index contributed by atoms with van der Waals surface area (Å²) in [5.74, 6) is -0.157. The summed E-state index contributed by atoms with van der Waals surface area (Å²) in [6.07, 6.45) is 0.718. The molecule has 2 rings (SSSR count). The molecule has 0 radical (unpaired) electrons. The van der Waals surface area contributed by atoms with Gasteiger partial charge in [-0.25, -0.2) is 4.79 Å². The van der Waals surface area contributed by atoms with E-state index >= 15 is 0 Å². The molecule has 0 aliphatic rings. The molecule has 0 bridgehead atoms. The van der Waals surface area contributed by atoms with Crippen molar-refractivity contribution < 1.29 is 14.6 Å². The van der Waals surface area contributed by atoms with Gasteiger partial charge < -0.3 is 15.2 Å². The number of ether oxygens (including phenoxy) is 1. The van der Waals surface area contributed by atoms with E-state index in [0.29, 0.717) is 17.3 Å². The smallest absolute Gasteiger partial charge is 0.337 e. The number of hydrogen-bond donors (Lipinski definition) is 2. The summed E-state index contributed by atoms with van der Waals surface area (Å²) in [4.78, 5) is 11.2. The second-order valence-corrected chi connectivity index (χ2v) is 4.92. The van der Waals surface area contributed by atoms with E-state index in [1.807, 2.05) is 24.3 Å². The fourth-order valence-electron chi connectivity index (χ4n) is 2.09. The van der Waals surface area contributed by atoms with Crippen LogP contribution in [0.5, 0.6) is 5.75 Å². The second kappa shape index (κ2) is 6.99. The topological polar surface area (TPSA) is 58.6 Å². The number of carboxylic acid groups (broad SMARTS) is 1. The van der Waals surface area contributed by atoms with Crippen molar-refractivity contribution in [2.75, 3.05) is 19.0 Å². The molecular formula is C16H16ClNO3. The fourth-order valence-corrected chi connectivity index (χ4v) is 2.26. The lowest BCUT2D eigenvalue weighted by Gasteiger charge is -2.12. The standard InChI is InChI=1S/C16H16ClNO3/c1-21-15-5-3-2-4-11(15)8-9-18-14-10-12(17)6-7-13(14)16(19)20/h2-7,10,18H,8-9H2,1H3,(H,19,20). The van der Waals surface area contributed by atoms with Crippen molar-refractivity contribution in [3.63, 3.8) is 0 Å². The van der Waals surface area contributed by atoms with E-state index in [9.17, 15) is 4.79 Å². The first-order chi connectivity index (χ1) is 10.1. The molecule has 0 saturated carbocycles. The zero-order valence-electron chi connectivity index (χ0n) is 11.6. The Hall–Kier alpha value is -2.20. The molecule has 0 unspecified atom stereocenters. The van der Waals surface area contributed by atoms with Gasteiger partial charge in [0.2, 0.25) is 0 Å². The molecular weight excluding hydrogens is 290 g/mol. The minimum Gasteiger partial charge on any atom is -0.496 e. The van der Waals surface area contributed by atoms with E-state index in [-0.39, 0.29) is 5.56 Å². The molecule has 2 aromatic rings. The van der Waals surface area contributed by atoms with Crippen LogP contribution in [0.15, 0.2) is 42.5 Å².